The molecule has 1 aromatic rings. The van der Waals surface area contributed by atoms with Crippen LogP contribution in [0.2, 0.25) is 0 Å². The van der Waals surface area contributed by atoms with Crippen molar-refractivity contribution in [1.29, 1.82) is 5.26 Å². The van der Waals surface area contributed by atoms with Gasteiger partial charge in [-0.05, 0) is 19.1 Å². The molecule has 0 aliphatic carbocycles. The second kappa shape index (κ2) is 9.41. The van der Waals surface area contributed by atoms with E-state index in [2.05, 4.69) is 4.99 Å². The van der Waals surface area contributed by atoms with Gasteiger partial charge in [-0.25, -0.2) is 24.3 Å². The minimum atomic E-state index is -4.02. The van der Waals surface area contributed by atoms with Gasteiger partial charge >= 0.3 is 11.7 Å². The number of carbonyl (C=O) groups excluding carboxylic acids is 1. The van der Waals surface area contributed by atoms with Gasteiger partial charge in [0, 0.05) is 12.3 Å². The molecule has 0 radical (unpaired) electrons. The lowest BCUT2D eigenvalue weighted by molar-refractivity contribution is -0.419. The maximum Gasteiger partial charge on any atom is 0.352 e. The highest BCUT2D eigenvalue weighted by molar-refractivity contribution is 7.91. The van der Waals surface area contributed by atoms with E-state index in [1.165, 1.54) is 32.2 Å². The molecule has 2 rings (SSSR count). The van der Waals surface area contributed by atoms with Crippen molar-refractivity contribution in [3.63, 3.8) is 0 Å². The van der Waals surface area contributed by atoms with Gasteiger partial charge in [0.2, 0.25) is 5.50 Å². The normalized spacial score (nSPS) is 16.3. The van der Waals surface area contributed by atoms with Gasteiger partial charge in [-0.2, -0.15) is 5.26 Å². The molecule has 2 N–H and O–H groups in total. The Bertz CT molecular complexity index is 1110. The number of methoxy groups -OCH3 is 1. The molecular formula is C17H19N5O8S. The van der Waals surface area contributed by atoms with Crippen LogP contribution in [0.3, 0.4) is 0 Å². The van der Waals surface area contributed by atoms with E-state index in [0.717, 1.165) is 6.26 Å². The summed E-state index contributed by atoms with van der Waals surface area (Å²) in [6, 6.07) is 5.90. The van der Waals surface area contributed by atoms with Crippen LogP contribution in [-0.4, -0.2) is 55.5 Å². The molecule has 0 fully saturated rings. The summed E-state index contributed by atoms with van der Waals surface area (Å²) in [4.78, 5) is 26.6. The van der Waals surface area contributed by atoms with E-state index in [1.54, 1.807) is 0 Å². The third-order valence-electron chi connectivity index (χ3n) is 3.90. The van der Waals surface area contributed by atoms with Crippen molar-refractivity contribution in [2.75, 3.05) is 20.0 Å². The third-order valence-corrected chi connectivity index (χ3v) is 5.00. The zero-order valence-electron chi connectivity index (χ0n) is 16.8. The van der Waals surface area contributed by atoms with E-state index in [4.69, 9.17) is 25.3 Å². The topological polar surface area (TPSA) is 187 Å². The zero-order valence-corrected chi connectivity index (χ0v) is 17.6. The van der Waals surface area contributed by atoms with Crippen LogP contribution < -0.4 is 15.3 Å². The second-order valence-corrected chi connectivity index (χ2v) is 8.19. The van der Waals surface area contributed by atoms with Crippen LogP contribution >= 0.6 is 0 Å². The number of rotatable bonds is 8. The SMILES string of the molecule is CCOC(=O)CC1=NC(S(C)(=O)=O)N(N)C(Oc2cc(C#N)ccc2OC)=C1[N+](=O)[O-]. The molecule has 0 aromatic heterocycles. The summed E-state index contributed by atoms with van der Waals surface area (Å²) in [5.41, 5.74) is -3.00. The van der Waals surface area contributed by atoms with Crippen LogP contribution in [0.15, 0.2) is 34.8 Å². The van der Waals surface area contributed by atoms with Gasteiger partial charge in [-0.15, -0.1) is 0 Å². The first-order chi connectivity index (χ1) is 14.5. The molecular weight excluding hydrogens is 434 g/mol. The number of aliphatic imine (C=N–C) groups is 1. The monoisotopic (exact) mass is 453 g/mol. The number of allylic oxidation sites excluding steroid dienone is 1. The summed E-state index contributed by atoms with van der Waals surface area (Å²) in [6.07, 6.45) is 0.126. The Morgan fingerprint density at radius 3 is 2.61 bits per heavy atom. The van der Waals surface area contributed by atoms with Crippen LogP contribution in [0, 0.1) is 21.4 Å². The Labute approximate surface area is 177 Å². The van der Waals surface area contributed by atoms with Crippen molar-refractivity contribution in [2.24, 2.45) is 10.8 Å². The fraction of sp³-hybridized carbons (Fsp3) is 0.353. The number of hydrazine groups is 1. The average Bonchev–Trinajstić information content (AvgIpc) is 2.69. The Balaban J connectivity index is 2.69. The maximum atomic E-state index is 12.2. The Kier molecular flexibility index (Phi) is 7.16. The number of hydrogen-bond donors (Lipinski definition) is 1. The minimum Gasteiger partial charge on any atom is -0.493 e. The van der Waals surface area contributed by atoms with Gasteiger partial charge in [0.05, 0.1) is 36.7 Å². The van der Waals surface area contributed by atoms with Crippen molar-refractivity contribution in [3.8, 4) is 17.6 Å². The molecule has 1 atom stereocenters. The Hall–Kier alpha value is -3.70. The number of sulfone groups is 1. The predicted octanol–water partition coefficient (Wildman–Crippen LogP) is 0.303. The minimum absolute atomic E-state index is 0.00362. The number of nitrogens with two attached hydrogens (primary N) is 1. The molecule has 0 bridgehead atoms. The number of nitriles is 1. The highest BCUT2D eigenvalue weighted by Crippen LogP contribution is 2.33. The molecule has 166 valence electrons. The molecule has 1 aromatic carbocycles. The van der Waals surface area contributed by atoms with Crippen molar-refractivity contribution in [3.05, 3.63) is 45.5 Å². The predicted molar refractivity (Wildman–Crippen MR) is 106 cm³/mol. The number of ether oxygens (including phenoxy) is 3. The molecule has 1 heterocycles. The number of nitro groups is 1. The van der Waals surface area contributed by atoms with E-state index in [0.29, 0.717) is 5.01 Å². The van der Waals surface area contributed by atoms with Crippen molar-refractivity contribution in [2.45, 2.75) is 18.8 Å². The molecule has 0 saturated carbocycles. The number of esters is 1. The third kappa shape index (κ3) is 5.27. The van der Waals surface area contributed by atoms with Crippen LogP contribution in [0.1, 0.15) is 18.9 Å². The summed E-state index contributed by atoms with van der Waals surface area (Å²) in [5.74, 6) is 4.22. The van der Waals surface area contributed by atoms with E-state index in [1.807, 2.05) is 6.07 Å². The summed E-state index contributed by atoms with van der Waals surface area (Å²) >= 11 is 0. The van der Waals surface area contributed by atoms with Crippen LogP contribution in [0.25, 0.3) is 0 Å². The van der Waals surface area contributed by atoms with Gasteiger partial charge in [0.25, 0.3) is 5.88 Å². The number of hydrogen-bond acceptors (Lipinski definition) is 12. The lowest BCUT2D eigenvalue weighted by atomic mass is 10.2. The second-order valence-electron chi connectivity index (χ2n) is 6.11. The van der Waals surface area contributed by atoms with Crippen LogP contribution in [0.5, 0.6) is 11.5 Å². The molecule has 1 aliphatic rings. The molecule has 31 heavy (non-hydrogen) atoms. The Morgan fingerprint density at radius 2 is 2.10 bits per heavy atom. The van der Waals surface area contributed by atoms with Crippen molar-refractivity contribution >= 4 is 21.5 Å². The van der Waals surface area contributed by atoms with Crippen molar-refractivity contribution < 1.29 is 32.3 Å². The van der Waals surface area contributed by atoms with E-state index >= 15 is 0 Å². The van der Waals surface area contributed by atoms with Gasteiger partial charge in [0.1, 0.15) is 5.71 Å². The molecule has 14 heteroatoms. The standard InChI is InChI=1S/C17H19N5O8S/c1-4-29-14(23)8-11-15(22(24)25)16(21(19)17(20-11)31(3,26)27)30-13-7-10(9-18)5-6-12(13)28-2/h5-7,17H,4,8,19H2,1-3H3. The number of nitrogens with zero attached hydrogens (tertiary/aromatic N) is 4. The summed E-state index contributed by atoms with van der Waals surface area (Å²) in [7, 11) is -2.72. The highest BCUT2D eigenvalue weighted by Gasteiger charge is 2.43. The van der Waals surface area contributed by atoms with E-state index in [9.17, 15) is 23.3 Å². The fourth-order valence-corrected chi connectivity index (χ4v) is 3.42. The molecule has 0 saturated heterocycles. The maximum absolute atomic E-state index is 12.2. The first kappa shape index (κ1) is 23.6. The highest BCUT2D eigenvalue weighted by atomic mass is 32.2. The molecule has 13 nitrogen and oxygen atoms in total. The van der Waals surface area contributed by atoms with Gasteiger partial charge in [0.15, 0.2) is 21.3 Å². The number of carbonyl (C=O) groups is 1. The quantitative estimate of drug-likeness (QED) is 0.247. The summed E-state index contributed by atoms with van der Waals surface area (Å²) < 4.78 is 39.9. The lowest BCUT2D eigenvalue weighted by Gasteiger charge is -2.30. The van der Waals surface area contributed by atoms with Gasteiger partial charge in [-0.1, -0.05) is 0 Å². The van der Waals surface area contributed by atoms with E-state index < -0.39 is 49.9 Å². The largest absolute Gasteiger partial charge is 0.493 e. The number of benzene rings is 1. The molecule has 1 aliphatic heterocycles. The molecule has 1 unspecified atom stereocenters. The van der Waals surface area contributed by atoms with Crippen molar-refractivity contribution in [1.82, 2.24) is 5.01 Å². The average molecular weight is 453 g/mol. The molecule has 0 spiro atoms. The lowest BCUT2D eigenvalue weighted by Crippen LogP contribution is -2.50. The first-order valence-electron chi connectivity index (χ1n) is 8.63. The first-order valence-corrected chi connectivity index (χ1v) is 10.6. The summed E-state index contributed by atoms with van der Waals surface area (Å²) in [5, 5.41) is 21.4. The van der Waals surface area contributed by atoms with Crippen LogP contribution in [0.4, 0.5) is 0 Å². The Morgan fingerprint density at radius 1 is 1.42 bits per heavy atom. The van der Waals surface area contributed by atoms with Crippen LogP contribution in [-0.2, 0) is 19.4 Å². The molecule has 0 amide bonds. The van der Waals surface area contributed by atoms with E-state index in [-0.39, 0.29) is 23.7 Å². The van der Waals surface area contributed by atoms with Gasteiger partial charge < -0.3 is 14.2 Å². The smallest absolute Gasteiger partial charge is 0.352 e. The van der Waals surface area contributed by atoms with Gasteiger partial charge in [-0.3, -0.25) is 14.9 Å². The zero-order chi connectivity index (χ0) is 23.3. The summed E-state index contributed by atoms with van der Waals surface area (Å²) in [6.45, 7) is 1.54. The fourth-order valence-electron chi connectivity index (χ4n) is 2.60.